The minimum absolute atomic E-state index is 0.419. The van der Waals surface area contributed by atoms with E-state index in [9.17, 15) is 20.1 Å². The summed E-state index contributed by atoms with van der Waals surface area (Å²) in [6.45, 7) is 0.605. The van der Waals surface area contributed by atoms with Gasteiger partial charge in [-0.15, -0.1) is 0 Å². The van der Waals surface area contributed by atoms with Crippen LogP contribution in [0.2, 0.25) is 0 Å². The molecule has 0 amide bonds. The van der Waals surface area contributed by atoms with Crippen molar-refractivity contribution in [2.75, 3.05) is 6.61 Å². The number of rotatable bonds is 3. The van der Waals surface area contributed by atoms with E-state index < -0.39 is 49.0 Å². The molecule has 94 valence electrons. The number of carbonyl (C=O) groups is 1. The highest BCUT2D eigenvalue weighted by Crippen LogP contribution is 2.33. The largest absolute Gasteiger partial charge is 0.481 e. The van der Waals surface area contributed by atoms with Gasteiger partial charge in [-0.1, -0.05) is 0 Å². The van der Waals surface area contributed by atoms with Crippen molar-refractivity contribution in [2.45, 2.75) is 37.4 Å². The molecule has 1 heterocycles. The standard InChI is InChI=1S/C9H16O7/c1-4(8(13)14)9(15)2-5(11)7(12)6(3-10)16-9/h4-7,10-12,15H,2-3H2,1H3,(H,13,14)/t4-,5+,6+,7-,9-/m0/s1. The first-order valence-corrected chi connectivity index (χ1v) is 4.92. The molecule has 0 unspecified atom stereocenters. The van der Waals surface area contributed by atoms with E-state index in [1.807, 2.05) is 0 Å². The minimum Gasteiger partial charge on any atom is -0.481 e. The lowest BCUT2D eigenvalue weighted by Gasteiger charge is -2.43. The smallest absolute Gasteiger partial charge is 0.311 e. The zero-order chi connectivity index (χ0) is 12.5. The molecule has 1 aliphatic rings. The summed E-state index contributed by atoms with van der Waals surface area (Å²) < 4.78 is 4.94. The Hall–Kier alpha value is -0.730. The SMILES string of the molecule is C[C@@H](C(=O)O)[C@]1(O)C[C@@H](O)[C@H](O)[C@@H](CO)O1. The molecule has 5 atom stereocenters. The summed E-state index contributed by atoms with van der Waals surface area (Å²) in [6, 6.07) is 0. The van der Waals surface area contributed by atoms with Gasteiger partial charge in [-0.25, -0.2) is 0 Å². The van der Waals surface area contributed by atoms with Gasteiger partial charge in [0.05, 0.1) is 12.7 Å². The number of ether oxygens (including phenoxy) is 1. The normalized spacial score (nSPS) is 41.7. The average Bonchev–Trinajstić information content (AvgIpc) is 2.22. The lowest BCUT2D eigenvalue weighted by atomic mass is 9.88. The average molecular weight is 236 g/mol. The molecule has 1 rings (SSSR count). The lowest BCUT2D eigenvalue weighted by Crippen LogP contribution is -2.59. The molecule has 0 aromatic carbocycles. The number of carboxylic acid groups (broad SMARTS) is 1. The first-order chi connectivity index (χ1) is 7.31. The van der Waals surface area contributed by atoms with E-state index in [1.165, 1.54) is 6.92 Å². The Morgan fingerprint density at radius 3 is 2.56 bits per heavy atom. The second-order valence-electron chi connectivity index (χ2n) is 4.01. The second kappa shape index (κ2) is 4.64. The zero-order valence-electron chi connectivity index (χ0n) is 8.78. The van der Waals surface area contributed by atoms with Crippen LogP contribution in [0.1, 0.15) is 13.3 Å². The van der Waals surface area contributed by atoms with Crippen molar-refractivity contribution in [3.8, 4) is 0 Å². The highest BCUT2D eigenvalue weighted by molar-refractivity contribution is 5.70. The van der Waals surface area contributed by atoms with Gasteiger partial charge >= 0.3 is 5.97 Å². The van der Waals surface area contributed by atoms with E-state index in [2.05, 4.69) is 0 Å². The van der Waals surface area contributed by atoms with Crippen molar-refractivity contribution < 1.29 is 35.1 Å². The van der Waals surface area contributed by atoms with Gasteiger partial charge in [-0.05, 0) is 6.92 Å². The van der Waals surface area contributed by atoms with Gasteiger partial charge in [-0.2, -0.15) is 0 Å². The number of hydrogen-bond acceptors (Lipinski definition) is 6. The van der Waals surface area contributed by atoms with E-state index >= 15 is 0 Å². The van der Waals surface area contributed by atoms with E-state index in [0.29, 0.717) is 0 Å². The van der Waals surface area contributed by atoms with Crippen molar-refractivity contribution in [3.63, 3.8) is 0 Å². The molecule has 7 heteroatoms. The lowest BCUT2D eigenvalue weighted by molar-refractivity contribution is -0.321. The molecular formula is C9H16O7. The highest BCUT2D eigenvalue weighted by atomic mass is 16.6. The summed E-state index contributed by atoms with van der Waals surface area (Å²) >= 11 is 0. The predicted molar refractivity (Wildman–Crippen MR) is 50.3 cm³/mol. The van der Waals surface area contributed by atoms with Crippen LogP contribution >= 0.6 is 0 Å². The third-order valence-corrected chi connectivity index (χ3v) is 2.86. The van der Waals surface area contributed by atoms with E-state index in [1.54, 1.807) is 0 Å². The first kappa shape index (κ1) is 13.3. The van der Waals surface area contributed by atoms with Gasteiger partial charge in [0.15, 0.2) is 5.79 Å². The second-order valence-corrected chi connectivity index (χ2v) is 4.01. The Kier molecular flexibility index (Phi) is 3.87. The van der Waals surface area contributed by atoms with Gasteiger partial charge in [0.25, 0.3) is 0 Å². The molecule has 7 nitrogen and oxygen atoms in total. The summed E-state index contributed by atoms with van der Waals surface area (Å²) in [5, 5.41) is 46.4. The van der Waals surface area contributed by atoms with Gasteiger partial charge in [-0.3, -0.25) is 4.79 Å². The molecule has 0 spiro atoms. The quantitative estimate of drug-likeness (QED) is 0.379. The summed E-state index contributed by atoms with van der Waals surface area (Å²) in [4.78, 5) is 10.7. The molecule has 16 heavy (non-hydrogen) atoms. The van der Waals surface area contributed by atoms with Crippen molar-refractivity contribution in [3.05, 3.63) is 0 Å². The Morgan fingerprint density at radius 1 is 1.56 bits per heavy atom. The van der Waals surface area contributed by atoms with E-state index in [-0.39, 0.29) is 0 Å². The molecule has 0 bridgehead atoms. The third-order valence-electron chi connectivity index (χ3n) is 2.86. The maximum absolute atomic E-state index is 10.7. The molecule has 1 fully saturated rings. The van der Waals surface area contributed by atoms with Crippen LogP contribution in [0.15, 0.2) is 0 Å². The summed E-state index contributed by atoms with van der Waals surface area (Å²) in [6.07, 6.45) is -4.29. The number of aliphatic hydroxyl groups excluding tert-OH is 3. The minimum atomic E-state index is -2.09. The number of hydrogen-bond donors (Lipinski definition) is 5. The molecule has 0 aliphatic carbocycles. The van der Waals surface area contributed by atoms with Gasteiger partial charge in [0.1, 0.15) is 18.1 Å². The molecular weight excluding hydrogens is 220 g/mol. The van der Waals surface area contributed by atoms with Crippen LogP contribution in [0, 0.1) is 5.92 Å². The number of aliphatic hydroxyl groups is 4. The fourth-order valence-corrected chi connectivity index (χ4v) is 1.67. The Labute approximate surface area is 91.9 Å². The fraction of sp³-hybridized carbons (Fsp3) is 0.889. The first-order valence-electron chi connectivity index (χ1n) is 4.92. The highest BCUT2D eigenvalue weighted by Gasteiger charge is 2.50. The summed E-state index contributed by atoms with van der Waals surface area (Å²) in [7, 11) is 0. The third kappa shape index (κ3) is 2.33. The molecule has 0 radical (unpaired) electrons. The monoisotopic (exact) mass is 236 g/mol. The molecule has 1 aliphatic heterocycles. The van der Waals surface area contributed by atoms with Crippen LogP contribution in [0.5, 0.6) is 0 Å². The van der Waals surface area contributed by atoms with Crippen molar-refractivity contribution in [2.24, 2.45) is 5.92 Å². The topological polar surface area (TPSA) is 127 Å². The van der Waals surface area contributed by atoms with Crippen LogP contribution < -0.4 is 0 Å². The molecule has 0 aromatic heterocycles. The van der Waals surface area contributed by atoms with Gasteiger partial charge in [0, 0.05) is 6.42 Å². The molecule has 1 saturated heterocycles. The maximum atomic E-state index is 10.7. The van der Waals surface area contributed by atoms with Gasteiger partial charge in [0.2, 0.25) is 0 Å². The van der Waals surface area contributed by atoms with Gasteiger partial charge < -0.3 is 30.3 Å². The Morgan fingerprint density at radius 2 is 2.12 bits per heavy atom. The molecule has 5 N–H and O–H groups in total. The summed E-state index contributed by atoms with van der Waals surface area (Å²) in [5.74, 6) is -4.65. The maximum Gasteiger partial charge on any atom is 0.311 e. The molecule has 0 saturated carbocycles. The van der Waals surface area contributed by atoms with Crippen LogP contribution in [0.25, 0.3) is 0 Å². The van der Waals surface area contributed by atoms with Crippen LogP contribution in [0.4, 0.5) is 0 Å². The van der Waals surface area contributed by atoms with Crippen LogP contribution in [-0.4, -0.2) is 62.2 Å². The number of carboxylic acids is 1. The van der Waals surface area contributed by atoms with Crippen LogP contribution in [0.3, 0.4) is 0 Å². The number of aliphatic carboxylic acids is 1. The van der Waals surface area contributed by atoms with E-state index in [0.717, 1.165) is 0 Å². The van der Waals surface area contributed by atoms with Crippen molar-refractivity contribution >= 4 is 5.97 Å². The van der Waals surface area contributed by atoms with Crippen molar-refractivity contribution in [1.82, 2.24) is 0 Å². The Balaban J connectivity index is 2.86. The Bertz CT molecular complexity index is 269. The predicted octanol–water partition coefficient (Wildman–Crippen LogP) is -2.10. The zero-order valence-corrected chi connectivity index (χ0v) is 8.78. The fourth-order valence-electron chi connectivity index (χ4n) is 1.67. The summed E-state index contributed by atoms with van der Waals surface area (Å²) in [5.41, 5.74) is 0. The van der Waals surface area contributed by atoms with Crippen LogP contribution in [-0.2, 0) is 9.53 Å². The molecule has 0 aromatic rings. The van der Waals surface area contributed by atoms with Crippen molar-refractivity contribution in [1.29, 1.82) is 0 Å². The van der Waals surface area contributed by atoms with E-state index in [4.69, 9.17) is 14.9 Å².